The van der Waals surface area contributed by atoms with Gasteiger partial charge in [0, 0.05) is 11.8 Å². The average Bonchev–Trinajstić information content (AvgIpc) is 2.45. The van der Waals surface area contributed by atoms with Gasteiger partial charge in [-0.05, 0) is 19.1 Å². The summed E-state index contributed by atoms with van der Waals surface area (Å²) in [6, 6.07) is 11.1. The van der Waals surface area contributed by atoms with Crippen molar-refractivity contribution in [3.8, 4) is 11.6 Å². The van der Waals surface area contributed by atoms with Crippen LogP contribution >= 0.6 is 11.8 Å². The van der Waals surface area contributed by atoms with E-state index in [1.54, 1.807) is 6.07 Å². The van der Waals surface area contributed by atoms with Gasteiger partial charge in [-0.1, -0.05) is 30.0 Å². The molecule has 1 aromatic carbocycles. The summed E-state index contributed by atoms with van der Waals surface area (Å²) < 4.78 is 5.64. The molecule has 0 atom stereocenters. The number of rotatable bonds is 5. The van der Waals surface area contributed by atoms with Gasteiger partial charge < -0.3 is 4.74 Å². The summed E-state index contributed by atoms with van der Waals surface area (Å²) in [6.07, 6.45) is 0. The fraction of sp³-hybridized carbons (Fsp3) is 0.154. The minimum Gasteiger partial charge on any atom is -0.439 e. The summed E-state index contributed by atoms with van der Waals surface area (Å²) in [5.41, 5.74) is 2.82. The quantitative estimate of drug-likeness (QED) is 0.286. The van der Waals surface area contributed by atoms with Gasteiger partial charge in [-0.15, -0.1) is 0 Å². The minimum absolute atomic E-state index is 0.157. The number of thioether (sulfide) groups is 1. The molecule has 20 heavy (non-hydrogen) atoms. The molecule has 0 spiro atoms. The molecule has 1 heterocycles. The first-order chi connectivity index (χ1) is 9.67. The fourth-order valence-electron chi connectivity index (χ4n) is 1.41. The van der Waals surface area contributed by atoms with Gasteiger partial charge in [-0.2, -0.15) is 4.98 Å². The molecule has 0 aliphatic rings. The summed E-state index contributed by atoms with van der Waals surface area (Å²) in [5, 5.41) is 0.472. The van der Waals surface area contributed by atoms with Crippen molar-refractivity contribution in [1.82, 2.24) is 15.4 Å². The molecule has 0 aliphatic heterocycles. The molecule has 7 heteroatoms. The lowest BCUT2D eigenvalue weighted by atomic mass is 10.3. The highest BCUT2D eigenvalue weighted by Gasteiger charge is 2.07. The number of amides is 1. The van der Waals surface area contributed by atoms with Crippen LogP contribution in [0.2, 0.25) is 0 Å². The number of carbonyl (C=O) groups excluding carboxylic acids is 1. The van der Waals surface area contributed by atoms with Gasteiger partial charge >= 0.3 is 0 Å². The van der Waals surface area contributed by atoms with Crippen molar-refractivity contribution in [3.63, 3.8) is 0 Å². The van der Waals surface area contributed by atoms with E-state index in [0.29, 0.717) is 16.8 Å². The second kappa shape index (κ2) is 6.88. The number of aromatic nitrogens is 2. The number of hydrogen-bond acceptors (Lipinski definition) is 6. The Morgan fingerprint density at radius 3 is 2.80 bits per heavy atom. The predicted octanol–water partition coefficient (Wildman–Crippen LogP) is 1.66. The second-order valence-corrected chi connectivity index (χ2v) is 4.84. The van der Waals surface area contributed by atoms with Gasteiger partial charge in [0.05, 0.1) is 5.75 Å². The maximum absolute atomic E-state index is 11.1. The van der Waals surface area contributed by atoms with Gasteiger partial charge in [0.25, 0.3) is 0 Å². The van der Waals surface area contributed by atoms with Crippen molar-refractivity contribution in [3.05, 3.63) is 42.1 Å². The maximum atomic E-state index is 11.1. The van der Waals surface area contributed by atoms with Crippen LogP contribution in [0.1, 0.15) is 5.69 Å². The molecule has 1 aromatic heterocycles. The summed E-state index contributed by atoms with van der Waals surface area (Å²) >= 11 is 1.20. The smallest absolute Gasteiger partial charge is 0.244 e. The Kier molecular flexibility index (Phi) is 4.91. The van der Waals surface area contributed by atoms with E-state index < -0.39 is 0 Å². The van der Waals surface area contributed by atoms with Crippen molar-refractivity contribution in [2.45, 2.75) is 12.1 Å². The summed E-state index contributed by atoms with van der Waals surface area (Å²) in [5.74, 6) is 6.03. The zero-order valence-electron chi connectivity index (χ0n) is 10.9. The van der Waals surface area contributed by atoms with Crippen LogP contribution in [0, 0.1) is 6.92 Å². The number of carbonyl (C=O) groups is 1. The Morgan fingerprint density at radius 1 is 1.35 bits per heavy atom. The number of nitrogens with one attached hydrogen (secondary N) is 1. The molecule has 6 nitrogen and oxygen atoms in total. The molecule has 0 aliphatic carbocycles. The molecule has 2 aromatic rings. The third-order valence-corrected chi connectivity index (χ3v) is 3.12. The minimum atomic E-state index is -0.286. The van der Waals surface area contributed by atoms with E-state index in [1.165, 1.54) is 11.8 Å². The van der Waals surface area contributed by atoms with Crippen molar-refractivity contribution < 1.29 is 9.53 Å². The third kappa shape index (κ3) is 4.22. The molecule has 2 rings (SSSR count). The van der Waals surface area contributed by atoms with Gasteiger partial charge in [-0.3, -0.25) is 10.2 Å². The number of benzene rings is 1. The molecule has 3 N–H and O–H groups in total. The molecule has 0 unspecified atom stereocenters. The van der Waals surface area contributed by atoms with Gasteiger partial charge in [0.1, 0.15) is 5.75 Å². The van der Waals surface area contributed by atoms with Crippen LogP contribution < -0.4 is 16.0 Å². The normalized spacial score (nSPS) is 10.1. The first-order valence-electron chi connectivity index (χ1n) is 5.88. The number of aryl methyl sites for hydroxylation is 1. The van der Waals surface area contributed by atoms with Crippen LogP contribution in [0.5, 0.6) is 11.6 Å². The molecule has 0 saturated carbocycles. The Morgan fingerprint density at radius 2 is 2.10 bits per heavy atom. The zero-order valence-corrected chi connectivity index (χ0v) is 11.7. The maximum Gasteiger partial charge on any atom is 0.244 e. The van der Waals surface area contributed by atoms with Crippen LogP contribution in [0.25, 0.3) is 0 Å². The van der Waals surface area contributed by atoms with E-state index >= 15 is 0 Å². The number of nitrogens with two attached hydrogens (primary N) is 1. The molecule has 0 fully saturated rings. The fourth-order valence-corrected chi connectivity index (χ4v) is 2.12. The van der Waals surface area contributed by atoms with E-state index in [0.717, 1.165) is 5.69 Å². The number of hydrogen-bond donors (Lipinski definition) is 2. The highest BCUT2D eigenvalue weighted by atomic mass is 32.2. The van der Waals surface area contributed by atoms with E-state index in [2.05, 4.69) is 15.4 Å². The molecular formula is C13H14N4O2S. The molecule has 0 radical (unpaired) electrons. The van der Waals surface area contributed by atoms with E-state index in [-0.39, 0.29) is 11.7 Å². The summed E-state index contributed by atoms with van der Waals surface area (Å²) in [7, 11) is 0. The molecule has 1 amide bonds. The van der Waals surface area contributed by atoms with Crippen LogP contribution in [0.4, 0.5) is 0 Å². The van der Waals surface area contributed by atoms with Crippen LogP contribution in [0.3, 0.4) is 0 Å². The Bertz CT molecular complexity index is 592. The van der Waals surface area contributed by atoms with E-state index in [9.17, 15) is 4.79 Å². The number of ether oxygens (including phenoxy) is 1. The number of nitrogens with zero attached hydrogens (tertiary/aromatic N) is 2. The largest absolute Gasteiger partial charge is 0.439 e. The molecule has 0 saturated heterocycles. The van der Waals surface area contributed by atoms with Gasteiger partial charge in [0.15, 0.2) is 5.16 Å². The second-order valence-electron chi connectivity index (χ2n) is 3.90. The Balaban J connectivity index is 2.10. The molecule has 104 valence electrons. The lowest BCUT2D eigenvalue weighted by Crippen LogP contribution is -2.31. The predicted molar refractivity (Wildman–Crippen MR) is 76.3 cm³/mol. The van der Waals surface area contributed by atoms with E-state index in [1.807, 2.05) is 37.3 Å². The van der Waals surface area contributed by atoms with Crippen LogP contribution in [0.15, 0.2) is 41.6 Å². The highest BCUT2D eigenvalue weighted by Crippen LogP contribution is 2.22. The van der Waals surface area contributed by atoms with Crippen molar-refractivity contribution in [1.29, 1.82) is 0 Å². The Hall–Kier alpha value is -2.12. The van der Waals surface area contributed by atoms with Crippen LogP contribution in [-0.4, -0.2) is 21.6 Å². The topological polar surface area (TPSA) is 90.1 Å². The first kappa shape index (κ1) is 14.3. The van der Waals surface area contributed by atoms with Gasteiger partial charge in [-0.25, -0.2) is 10.8 Å². The van der Waals surface area contributed by atoms with E-state index in [4.69, 9.17) is 10.6 Å². The first-order valence-corrected chi connectivity index (χ1v) is 6.87. The SMILES string of the molecule is Cc1cc(Oc2ccccc2)nc(SCC(=O)NN)n1. The Labute approximate surface area is 120 Å². The van der Waals surface area contributed by atoms with Crippen molar-refractivity contribution in [2.24, 2.45) is 5.84 Å². The van der Waals surface area contributed by atoms with Crippen molar-refractivity contribution >= 4 is 17.7 Å². The lowest BCUT2D eigenvalue weighted by molar-refractivity contribution is -0.118. The summed E-state index contributed by atoms with van der Waals surface area (Å²) in [6.45, 7) is 1.84. The monoisotopic (exact) mass is 290 g/mol. The lowest BCUT2D eigenvalue weighted by Gasteiger charge is -2.07. The highest BCUT2D eigenvalue weighted by molar-refractivity contribution is 7.99. The standard InChI is InChI=1S/C13H14N4O2S/c1-9-7-12(19-10-5-3-2-4-6-10)16-13(15-9)20-8-11(18)17-14/h2-7H,8,14H2,1H3,(H,17,18). The van der Waals surface area contributed by atoms with Gasteiger partial charge in [0.2, 0.25) is 11.8 Å². The molecule has 0 bridgehead atoms. The summed E-state index contributed by atoms with van der Waals surface area (Å²) in [4.78, 5) is 19.6. The van der Waals surface area contributed by atoms with Crippen molar-refractivity contribution in [2.75, 3.05) is 5.75 Å². The third-order valence-electron chi connectivity index (χ3n) is 2.27. The average molecular weight is 290 g/mol. The zero-order chi connectivity index (χ0) is 14.4. The number of para-hydroxylation sites is 1. The number of hydrazine groups is 1. The molecular weight excluding hydrogens is 276 g/mol. The van der Waals surface area contributed by atoms with Crippen LogP contribution in [-0.2, 0) is 4.79 Å².